The third-order valence-corrected chi connectivity index (χ3v) is 7.55. The molecule has 3 aromatic heterocycles. The highest BCUT2D eigenvalue weighted by Gasteiger charge is 2.26. The van der Waals surface area contributed by atoms with Crippen LogP contribution in [-0.4, -0.2) is 57.3 Å². The van der Waals surface area contributed by atoms with Gasteiger partial charge in [-0.15, -0.1) is 10.2 Å². The largest absolute Gasteiger partial charge is 0.341 e. The monoisotopic (exact) mass is 510 g/mol. The average Bonchev–Trinajstić information content (AvgIpc) is 3.30. The number of rotatable bonds is 6. The van der Waals surface area contributed by atoms with Gasteiger partial charge in [0.1, 0.15) is 11.6 Å². The van der Waals surface area contributed by atoms with E-state index in [1.54, 1.807) is 12.4 Å². The first-order chi connectivity index (χ1) is 17.2. The van der Waals surface area contributed by atoms with Gasteiger partial charge in [-0.3, -0.25) is 4.40 Å². The van der Waals surface area contributed by atoms with Crippen molar-refractivity contribution in [1.29, 1.82) is 0 Å². The number of piperidine rings is 1. The molecule has 0 atom stereocenters. The zero-order chi connectivity index (χ0) is 25.4. The lowest BCUT2D eigenvalue weighted by molar-refractivity contribution is 0.477. The van der Waals surface area contributed by atoms with Gasteiger partial charge in [0.15, 0.2) is 15.7 Å². The van der Waals surface area contributed by atoms with Gasteiger partial charge >= 0.3 is 0 Å². The Labute approximate surface area is 208 Å². The SMILES string of the molecule is CC(C)c1cnc(N2CCC(c3nnc4c(Nc5ccc(S(C)(=O)=O)cc5F)nccn34)CC2)nc1. The molecular weight excluding hydrogens is 483 g/mol. The molecule has 0 radical (unpaired) electrons. The molecule has 4 aromatic rings. The molecule has 10 nitrogen and oxygen atoms in total. The van der Waals surface area contributed by atoms with E-state index in [-0.39, 0.29) is 16.5 Å². The molecule has 0 aliphatic carbocycles. The van der Waals surface area contributed by atoms with Gasteiger partial charge in [-0.1, -0.05) is 13.8 Å². The van der Waals surface area contributed by atoms with Gasteiger partial charge in [0.25, 0.3) is 0 Å². The predicted octanol–water partition coefficient (Wildman–Crippen LogP) is 3.71. The maximum atomic E-state index is 14.6. The van der Waals surface area contributed by atoms with Crippen LogP contribution in [0.15, 0.2) is 47.9 Å². The molecule has 0 bridgehead atoms. The highest BCUT2D eigenvalue weighted by atomic mass is 32.2. The van der Waals surface area contributed by atoms with E-state index in [1.807, 2.05) is 16.8 Å². The fraction of sp³-hybridized carbons (Fsp3) is 0.375. The van der Waals surface area contributed by atoms with Crippen molar-refractivity contribution in [2.45, 2.75) is 43.4 Å². The van der Waals surface area contributed by atoms with Gasteiger partial charge in [0.05, 0.1) is 10.6 Å². The van der Waals surface area contributed by atoms with Crippen molar-refractivity contribution in [2.24, 2.45) is 0 Å². The van der Waals surface area contributed by atoms with E-state index >= 15 is 0 Å². The van der Waals surface area contributed by atoms with Crippen molar-refractivity contribution < 1.29 is 12.8 Å². The summed E-state index contributed by atoms with van der Waals surface area (Å²) in [5, 5.41) is 11.7. The molecular formula is C24H27FN8O2S. The Balaban J connectivity index is 1.32. The molecule has 5 rings (SSSR count). The van der Waals surface area contributed by atoms with Crippen LogP contribution >= 0.6 is 0 Å². The molecule has 1 aliphatic heterocycles. The molecule has 12 heteroatoms. The van der Waals surface area contributed by atoms with E-state index < -0.39 is 15.7 Å². The standard InChI is InChI=1S/C24H27FN8O2S/c1-15(2)17-13-27-24(28-14-17)32-9-6-16(7-10-32)22-30-31-23-21(26-8-11-33(22)23)29-20-5-4-18(12-19(20)25)36(3,34)35/h4-5,8,11-16H,6-7,9-10H2,1-3H3,(H,26,29). The van der Waals surface area contributed by atoms with E-state index in [4.69, 9.17) is 0 Å². The van der Waals surface area contributed by atoms with Crippen molar-refractivity contribution in [3.63, 3.8) is 0 Å². The first-order valence-electron chi connectivity index (χ1n) is 11.7. The van der Waals surface area contributed by atoms with Crippen molar-refractivity contribution >= 4 is 32.9 Å². The number of hydrogen-bond acceptors (Lipinski definition) is 9. The normalized spacial score (nSPS) is 15.1. The minimum absolute atomic E-state index is 0.0888. The summed E-state index contributed by atoms with van der Waals surface area (Å²) in [4.78, 5) is 15.5. The summed E-state index contributed by atoms with van der Waals surface area (Å²) in [6.07, 6.45) is 9.94. The van der Waals surface area contributed by atoms with Crippen LogP contribution in [0.3, 0.4) is 0 Å². The quantitative estimate of drug-likeness (QED) is 0.414. The molecule has 1 aliphatic rings. The molecule has 0 unspecified atom stereocenters. The maximum Gasteiger partial charge on any atom is 0.225 e. The number of sulfone groups is 1. The third-order valence-electron chi connectivity index (χ3n) is 6.44. The molecule has 0 amide bonds. The minimum Gasteiger partial charge on any atom is -0.341 e. The van der Waals surface area contributed by atoms with Crippen molar-refractivity contribution in [2.75, 3.05) is 29.6 Å². The highest BCUT2D eigenvalue weighted by Crippen LogP contribution is 2.30. The fourth-order valence-electron chi connectivity index (χ4n) is 4.30. The molecule has 4 heterocycles. The van der Waals surface area contributed by atoms with E-state index in [1.165, 1.54) is 12.1 Å². The number of hydrogen-bond donors (Lipinski definition) is 1. The second-order valence-corrected chi connectivity index (χ2v) is 11.3. The topological polar surface area (TPSA) is 118 Å². The molecule has 1 saturated heterocycles. The van der Waals surface area contributed by atoms with Gasteiger partial charge < -0.3 is 10.2 Å². The number of fused-ring (bicyclic) bond motifs is 1. The zero-order valence-electron chi connectivity index (χ0n) is 20.3. The van der Waals surface area contributed by atoms with Crippen molar-refractivity contribution in [1.82, 2.24) is 29.5 Å². The summed E-state index contributed by atoms with van der Waals surface area (Å²) in [7, 11) is -3.51. The van der Waals surface area contributed by atoms with E-state index in [9.17, 15) is 12.8 Å². The van der Waals surface area contributed by atoms with Crippen LogP contribution in [0.25, 0.3) is 5.65 Å². The van der Waals surface area contributed by atoms with E-state index in [0.29, 0.717) is 17.4 Å². The first kappa shape index (κ1) is 24.0. The number of benzene rings is 1. The summed E-state index contributed by atoms with van der Waals surface area (Å²) in [6, 6.07) is 3.71. The number of anilines is 3. The lowest BCUT2D eigenvalue weighted by Gasteiger charge is -2.31. The molecule has 36 heavy (non-hydrogen) atoms. The summed E-state index contributed by atoms with van der Waals surface area (Å²) in [5.41, 5.74) is 1.69. The summed E-state index contributed by atoms with van der Waals surface area (Å²) in [5.74, 6) is 1.77. The van der Waals surface area contributed by atoms with Crippen LogP contribution in [0.2, 0.25) is 0 Å². The van der Waals surface area contributed by atoms with Crippen LogP contribution in [0.4, 0.5) is 21.8 Å². The lowest BCUT2D eigenvalue weighted by Crippen LogP contribution is -2.34. The van der Waals surface area contributed by atoms with Gasteiger partial charge in [-0.25, -0.2) is 27.8 Å². The molecule has 0 spiro atoms. The average molecular weight is 511 g/mol. The maximum absolute atomic E-state index is 14.6. The molecule has 0 saturated carbocycles. The van der Waals surface area contributed by atoms with Crippen LogP contribution in [0.1, 0.15) is 49.9 Å². The minimum atomic E-state index is -3.51. The van der Waals surface area contributed by atoms with E-state index in [0.717, 1.165) is 55.6 Å². The van der Waals surface area contributed by atoms with Crippen molar-refractivity contribution in [3.8, 4) is 0 Å². The van der Waals surface area contributed by atoms with Gasteiger partial charge in [-0.05, 0) is 42.5 Å². The van der Waals surface area contributed by atoms with Gasteiger partial charge in [-0.2, -0.15) is 0 Å². The summed E-state index contributed by atoms with van der Waals surface area (Å²) >= 11 is 0. The third kappa shape index (κ3) is 4.72. The number of nitrogens with one attached hydrogen (secondary N) is 1. The Hall–Kier alpha value is -3.67. The molecule has 1 aromatic carbocycles. The second kappa shape index (κ2) is 9.41. The van der Waals surface area contributed by atoms with Gasteiger partial charge in [0.2, 0.25) is 11.6 Å². The van der Waals surface area contributed by atoms with E-state index in [2.05, 4.69) is 49.2 Å². The van der Waals surface area contributed by atoms with Crippen LogP contribution in [0, 0.1) is 5.82 Å². The Kier molecular flexibility index (Phi) is 6.29. The lowest BCUT2D eigenvalue weighted by atomic mass is 9.96. The predicted molar refractivity (Wildman–Crippen MR) is 134 cm³/mol. The van der Waals surface area contributed by atoms with Crippen LogP contribution in [-0.2, 0) is 9.84 Å². The number of halogens is 1. The van der Waals surface area contributed by atoms with Gasteiger partial charge in [0, 0.05) is 50.1 Å². The zero-order valence-corrected chi connectivity index (χ0v) is 21.1. The smallest absolute Gasteiger partial charge is 0.225 e. The Morgan fingerprint density at radius 3 is 2.44 bits per heavy atom. The number of nitrogens with zero attached hydrogens (tertiary/aromatic N) is 7. The Morgan fingerprint density at radius 1 is 1.08 bits per heavy atom. The summed E-state index contributed by atoms with van der Waals surface area (Å²) in [6.45, 7) is 5.84. The van der Waals surface area contributed by atoms with Crippen molar-refractivity contribution in [3.05, 3.63) is 60.2 Å². The Morgan fingerprint density at radius 2 is 1.81 bits per heavy atom. The number of aromatic nitrogens is 6. The second-order valence-electron chi connectivity index (χ2n) is 9.30. The molecule has 1 fully saturated rings. The molecule has 188 valence electrons. The van der Waals surface area contributed by atoms with Crippen LogP contribution in [0.5, 0.6) is 0 Å². The molecule has 1 N–H and O–H groups in total. The van der Waals surface area contributed by atoms with Crippen LogP contribution < -0.4 is 10.2 Å². The highest BCUT2D eigenvalue weighted by molar-refractivity contribution is 7.90. The summed E-state index contributed by atoms with van der Waals surface area (Å²) < 4.78 is 39.8. The fourth-order valence-corrected chi connectivity index (χ4v) is 4.93. The Bertz CT molecular complexity index is 1500. The first-order valence-corrected chi connectivity index (χ1v) is 13.6.